The van der Waals surface area contributed by atoms with Crippen molar-refractivity contribution in [2.45, 2.75) is 6.54 Å². The van der Waals surface area contributed by atoms with E-state index in [9.17, 15) is 19.3 Å². The molecule has 9 heteroatoms. The molecule has 0 aliphatic carbocycles. The van der Waals surface area contributed by atoms with E-state index < -0.39 is 16.4 Å². The van der Waals surface area contributed by atoms with Gasteiger partial charge in [-0.3, -0.25) is 15.0 Å². The number of nitro groups is 1. The van der Waals surface area contributed by atoms with E-state index in [-0.39, 0.29) is 30.6 Å². The number of hydrogen-bond acceptors (Lipinski definition) is 5. The zero-order valence-electron chi connectivity index (χ0n) is 12.0. The molecule has 0 N–H and O–H groups in total. The Morgan fingerprint density at radius 2 is 2.00 bits per heavy atom. The number of ether oxygens (including phenoxy) is 1. The summed E-state index contributed by atoms with van der Waals surface area (Å²) in [6.07, 6.45) is -0.379. The number of hydrogen-bond donors (Lipinski definition) is 0. The van der Waals surface area contributed by atoms with Gasteiger partial charge in [0.15, 0.2) is 0 Å². The molecule has 0 saturated carbocycles. The van der Waals surface area contributed by atoms with Crippen LogP contribution < -0.4 is 0 Å². The molecular formula is C13H17ClFN3O4. The third-order valence-corrected chi connectivity index (χ3v) is 3.45. The van der Waals surface area contributed by atoms with Crippen molar-refractivity contribution < 1.29 is 18.8 Å². The second kappa shape index (κ2) is 7.90. The van der Waals surface area contributed by atoms with Gasteiger partial charge in [-0.2, -0.15) is 4.39 Å². The maximum Gasteiger partial charge on any atom is 0.409 e. The highest BCUT2D eigenvalue weighted by molar-refractivity contribution is 5.85. The van der Waals surface area contributed by atoms with Gasteiger partial charge in [0, 0.05) is 44.4 Å². The minimum absolute atomic E-state index is 0. The summed E-state index contributed by atoms with van der Waals surface area (Å²) in [5.41, 5.74) is -0.226. The lowest BCUT2D eigenvalue weighted by Crippen LogP contribution is -2.48. The molecule has 0 spiro atoms. The number of amides is 1. The molecule has 0 atom stereocenters. The van der Waals surface area contributed by atoms with Gasteiger partial charge in [-0.05, 0) is 0 Å². The Morgan fingerprint density at radius 3 is 2.55 bits per heavy atom. The molecule has 1 aromatic rings. The van der Waals surface area contributed by atoms with Gasteiger partial charge < -0.3 is 9.64 Å². The Kier molecular flexibility index (Phi) is 6.51. The van der Waals surface area contributed by atoms with Crippen LogP contribution in [0.4, 0.5) is 14.9 Å². The molecule has 22 heavy (non-hydrogen) atoms. The molecular weight excluding hydrogens is 317 g/mol. The number of piperazine rings is 1. The minimum atomic E-state index is -0.794. The summed E-state index contributed by atoms with van der Waals surface area (Å²) in [4.78, 5) is 24.9. The van der Waals surface area contributed by atoms with Crippen molar-refractivity contribution in [3.8, 4) is 0 Å². The van der Waals surface area contributed by atoms with Gasteiger partial charge in [0.1, 0.15) is 0 Å². The van der Waals surface area contributed by atoms with Gasteiger partial charge in [-0.15, -0.1) is 12.4 Å². The third-order valence-electron chi connectivity index (χ3n) is 3.45. The lowest BCUT2D eigenvalue weighted by atomic mass is 10.1. The normalized spacial score (nSPS) is 15.1. The number of rotatable bonds is 3. The number of halogens is 2. The zero-order valence-corrected chi connectivity index (χ0v) is 12.8. The fourth-order valence-corrected chi connectivity index (χ4v) is 2.29. The van der Waals surface area contributed by atoms with Crippen molar-refractivity contribution in [2.24, 2.45) is 0 Å². The quantitative estimate of drug-likeness (QED) is 0.625. The Morgan fingerprint density at radius 1 is 1.36 bits per heavy atom. The molecule has 7 nitrogen and oxygen atoms in total. The minimum Gasteiger partial charge on any atom is -0.453 e. The van der Waals surface area contributed by atoms with Gasteiger partial charge in [-0.25, -0.2) is 4.79 Å². The van der Waals surface area contributed by atoms with E-state index in [0.29, 0.717) is 26.2 Å². The van der Waals surface area contributed by atoms with Crippen LogP contribution >= 0.6 is 12.4 Å². The van der Waals surface area contributed by atoms with Gasteiger partial charge in [0.05, 0.1) is 12.0 Å². The average molecular weight is 334 g/mol. The number of carbonyl (C=O) groups excluding carboxylic acids is 1. The fraction of sp³-hybridized carbons (Fsp3) is 0.462. The molecule has 1 amide bonds. The Hall–Kier alpha value is -1.93. The third kappa shape index (κ3) is 4.05. The zero-order chi connectivity index (χ0) is 15.4. The molecule has 122 valence electrons. The molecule has 0 aromatic heterocycles. The summed E-state index contributed by atoms with van der Waals surface area (Å²) in [5.74, 6) is -0.794. The summed E-state index contributed by atoms with van der Waals surface area (Å²) in [6.45, 7) is 2.39. The molecule has 1 heterocycles. The van der Waals surface area contributed by atoms with E-state index in [1.807, 2.05) is 4.90 Å². The Labute approximate surface area is 133 Å². The van der Waals surface area contributed by atoms with Crippen LogP contribution in [0.5, 0.6) is 0 Å². The van der Waals surface area contributed by atoms with Crippen molar-refractivity contribution in [1.82, 2.24) is 9.80 Å². The SMILES string of the molecule is COC(=O)N1CCN(Cc2cccc([N+](=O)[O-])c2F)CC1.Cl. The van der Waals surface area contributed by atoms with E-state index >= 15 is 0 Å². The van der Waals surface area contributed by atoms with Crippen LogP contribution in [-0.2, 0) is 11.3 Å². The fourth-order valence-electron chi connectivity index (χ4n) is 2.29. The van der Waals surface area contributed by atoms with Crippen LogP contribution in [0, 0.1) is 15.9 Å². The first-order valence-corrected chi connectivity index (χ1v) is 6.50. The van der Waals surface area contributed by atoms with Gasteiger partial charge in [0.25, 0.3) is 0 Å². The van der Waals surface area contributed by atoms with Crippen LogP contribution in [0.1, 0.15) is 5.56 Å². The van der Waals surface area contributed by atoms with Gasteiger partial charge >= 0.3 is 11.8 Å². The topological polar surface area (TPSA) is 75.9 Å². The molecule has 1 aliphatic heterocycles. The molecule has 1 aliphatic rings. The number of carbonyl (C=O) groups is 1. The monoisotopic (exact) mass is 333 g/mol. The van der Waals surface area contributed by atoms with Crippen LogP contribution in [0.2, 0.25) is 0 Å². The maximum atomic E-state index is 14.0. The first kappa shape index (κ1) is 18.1. The number of methoxy groups -OCH3 is 1. The van der Waals surface area contributed by atoms with Crippen molar-refractivity contribution in [3.05, 3.63) is 39.7 Å². The molecule has 0 radical (unpaired) electrons. The average Bonchev–Trinajstić information content (AvgIpc) is 2.49. The first-order valence-electron chi connectivity index (χ1n) is 6.50. The van der Waals surface area contributed by atoms with Crippen molar-refractivity contribution in [3.63, 3.8) is 0 Å². The van der Waals surface area contributed by atoms with Crippen LogP contribution in [0.25, 0.3) is 0 Å². The van der Waals surface area contributed by atoms with E-state index in [0.717, 1.165) is 6.07 Å². The van der Waals surface area contributed by atoms with E-state index in [1.54, 1.807) is 4.90 Å². The van der Waals surface area contributed by atoms with Gasteiger partial charge in [-0.1, -0.05) is 12.1 Å². The molecule has 1 fully saturated rings. The van der Waals surface area contributed by atoms with E-state index in [1.165, 1.54) is 19.2 Å². The van der Waals surface area contributed by atoms with Crippen LogP contribution in [0.15, 0.2) is 18.2 Å². The standard InChI is InChI=1S/C13H16FN3O4.ClH/c1-21-13(18)16-7-5-15(6-8-16)9-10-3-2-4-11(12(10)14)17(19)20;/h2-4H,5-9H2,1H3;1H. The number of benzene rings is 1. The maximum absolute atomic E-state index is 14.0. The highest BCUT2D eigenvalue weighted by Crippen LogP contribution is 2.21. The van der Waals surface area contributed by atoms with Crippen molar-refractivity contribution in [1.29, 1.82) is 0 Å². The van der Waals surface area contributed by atoms with E-state index in [2.05, 4.69) is 4.74 Å². The van der Waals surface area contributed by atoms with Crippen molar-refractivity contribution >= 4 is 24.2 Å². The molecule has 1 saturated heterocycles. The smallest absolute Gasteiger partial charge is 0.409 e. The molecule has 2 rings (SSSR count). The number of nitro benzene ring substituents is 1. The first-order chi connectivity index (χ1) is 10.0. The van der Waals surface area contributed by atoms with Crippen LogP contribution in [0.3, 0.4) is 0 Å². The summed E-state index contributed by atoms with van der Waals surface area (Å²) in [5, 5.41) is 10.7. The Balaban J connectivity index is 0.00000242. The molecule has 0 unspecified atom stereocenters. The largest absolute Gasteiger partial charge is 0.453 e. The van der Waals surface area contributed by atoms with Crippen molar-refractivity contribution in [2.75, 3.05) is 33.3 Å². The van der Waals surface area contributed by atoms with E-state index in [4.69, 9.17) is 0 Å². The molecule has 0 bridgehead atoms. The second-order valence-electron chi connectivity index (χ2n) is 4.74. The highest BCUT2D eigenvalue weighted by Gasteiger charge is 2.23. The summed E-state index contributed by atoms with van der Waals surface area (Å²) in [7, 11) is 1.33. The molecule has 1 aromatic carbocycles. The summed E-state index contributed by atoms with van der Waals surface area (Å²) < 4.78 is 18.6. The lowest BCUT2D eigenvalue weighted by molar-refractivity contribution is -0.387. The Bertz CT molecular complexity index is 550. The number of nitrogens with zero attached hydrogens (tertiary/aromatic N) is 3. The van der Waals surface area contributed by atoms with Gasteiger partial charge in [0.2, 0.25) is 5.82 Å². The lowest BCUT2D eigenvalue weighted by Gasteiger charge is -2.33. The van der Waals surface area contributed by atoms with Crippen LogP contribution in [-0.4, -0.2) is 54.1 Å². The highest BCUT2D eigenvalue weighted by atomic mass is 35.5. The summed E-state index contributed by atoms with van der Waals surface area (Å²) >= 11 is 0. The predicted molar refractivity (Wildman–Crippen MR) is 79.6 cm³/mol. The summed E-state index contributed by atoms with van der Waals surface area (Å²) in [6, 6.07) is 4.16. The predicted octanol–water partition coefficient (Wildman–Crippen LogP) is 2.04. The second-order valence-corrected chi connectivity index (χ2v) is 4.74.